The van der Waals surface area contributed by atoms with E-state index in [0.717, 1.165) is 12.3 Å². The Bertz CT molecular complexity index is 466. The Labute approximate surface area is 96.3 Å². The van der Waals surface area contributed by atoms with Gasteiger partial charge in [0, 0.05) is 18.1 Å². The largest absolute Gasteiger partial charge is 0.810 e. The maximum atomic E-state index is 10.9. The molecular weight excluding hydrogens is 272 g/mol. The Morgan fingerprint density at radius 3 is 2.12 bits per heavy atom. The molecule has 0 aliphatic carbocycles. The van der Waals surface area contributed by atoms with Gasteiger partial charge in [-0.05, 0) is 19.2 Å². The molecule has 17 heavy (non-hydrogen) atoms. The van der Waals surface area contributed by atoms with E-state index >= 15 is 0 Å². The van der Waals surface area contributed by atoms with Crippen molar-refractivity contribution in [3.8, 4) is 0 Å². The summed E-state index contributed by atoms with van der Waals surface area (Å²) in [7, 11) is -11.1. The Morgan fingerprint density at radius 1 is 1.18 bits per heavy atom. The monoisotopic (exact) mass is 279 g/mol. The molecular formula is C7H7NO7P2-4. The number of aliphatic hydroxyl groups is 1. The summed E-state index contributed by atoms with van der Waals surface area (Å²) in [5.41, 5.74) is -2.70. The summed E-state index contributed by atoms with van der Waals surface area (Å²) in [6.45, 7) is 0. The first-order valence-electron chi connectivity index (χ1n) is 4.25. The fraction of sp³-hybridized carbons (Fsp3) is 0.286. The third kappa shape index (κ3) is 3.69. The minimum Gasteiger partial charge on any atom is -0.810 e. The van der Waals surface area contributed by atoms with Crippen LogP contribution in [0.4, 0.5) is 0 Å². The van der Waals surface area contributed by atoms with Gasteiger partial charge < -0.3 is 33.8 Å². The fourth-order valence-corrected chi connectivity index (χ4v) is 3.58. The number of aliphatic hydroxyl groups excluding tert-OH is 1. The van der Waals surface area contributed by atoms with E-state index in [1.165, 1.54) is 12.3 Å². The molecule has 0 fully saturated rings. The molecule has 2 atom stereocenters. The highest BCUT2D eigenvalue weighted by Crippen LogP contribution is 2.53. The summed E-state index contributed by atoms with van der Waals surface area (Å²) in [5.74, 6) is -2.83. The maximum Gasteiger partial charge on any atom is 0.0922 e. The molecule has 0 radical (unpaired) electrons. The molecule has 0 aromatic carbocycles. The molecule has 1 rings (SSSR count). The number of pyridine rings is 1. The lowest BCUT2D eigenvalue weighted by Gasteiger charge is -2.47. The van der Waals surface area contributed by atoms with Crippen molar-refractivity contribution in [3.63, 3.8) is 0 Å². The van der Waals surface area contributed by atoms with Gasteiger partial charge in [-0.3, -0.25) is 4.98 Å². The Hall–Kier alpha value is -0.590. The number of hydrogen-bond acceptors (Lipinski definition) is 8. The highest BCUT2D eigenvalue weighted by molar-refractivity contribution is 7.53. The van der Waals surface area contributed by atoms with E-state index in [1.807, 2.05) is 0 Å². The van der Waals surface area contributed by atoms with Crippen molar-refractivity contribution < 1.29 is 33.8 Å². The number of rotatable bonds is 4. The summed E-state index contributed by atoms with van der Waals surface area (Å²) in [5, 5.41) is 9.15. The van der Waals surface area contributed by atoms with Crippen LogP contribution in [0.25, 0.3) is 0 Å². The minimum atomic E-state index is -5.62. The highest BCUT2D eigenvalue weighted by Gasteiger charge is 2.27. The van der Waals surface area contributed by atoms with Gasteiger partial charge in [-0.25, -0.2) is 0 Å². The van der Waals surface area contributed by atoms with E-state index < -0.39 is 26.7 Å². The highest BCUT2D eigenvalue weighted by atomic mass is 31.2. The second-order valence-corrected chi connectivity index (χ2v) is 6.47. The average molecular weight is 279 g/mol. The number of hydrogen-bond donors (Lipinski definition) is 1. The fourth-order valence-electron chi connectivity index (χ4n) is 1.24. The van der Waals surface area contributed by atoms with E-state index in [0.29, 0.717) is 0 Å². The quantitative estimate of drug-likeness (QED) is 0.581. The molecule has 0 bridgehead atoms. The zero-order valence-electron chi connectivity index (χ0n) is 8.20. The summed E-state index contributed by atoms with van der Waals surface area (Å²) in [6.07, 6.45) is 2.15. The average Bonchev–Trinajstić information content (AvgIpc) is 2.15. The molecule has 0 saturated carbocycles. The third-order valence-electron chi connectivity index (χ3n) is 1.97. The van der Waals surface area contributed by atoms with Crippen LogP contribution < -0.4 is 19.6 Å². The molecule has 0 saturated heterocycles. The molecule has 1 heterocycles. The van der Waals surface area contributed by atoms with Gasteiger partial charge in [0.25, 0.3) is 0 Å². The van der Waals surface area contributed by atoms with E-state index in [1.54, 1.807) is 0 Å². The first-order chi connectivity index (χ1) is 7.64. The maximum absolute atomic E-state index is 10.9. The first kappa shape index (κ1) is 14.5. The van der Waals surface area contributed by atoms with Crippen molar-refractivity contribution in [1.29, 1.82) is 0 Å². The first-order valence-corrected chi connectivity index (χ1v) is 7.48. The topological polar surface area (TPSA) is 160 Å². The lowest BCUT2D eigenvalue weighted by Crippen LogP contribution is -2.35. The molecule has 1 aromatic rings. The molecule has 0 aliphatic heterocycles. The van der Waals surface area contributed by atoms with Crippen LogP contribution in [0.3, 0.4) is 0 Å². The van der Waals surface area contributed by atoms with Crippen LogP contribution >= 0.6 is 15.2 Å². The molecule has 8 nitrogen and oxygen atoms in total. The molecule has 0 amide bonds. The second kappa shape index (κ2) is 4.96. The predicted octanol–water partition coefficient (Wildman–Crippen LogP) is -2.73. The second-order valence-electron chi connectivity index (χ2n) is 3.22. The van der Waals surface area contributed by atoms with Crippen LogP contribution in [0.2, 0.25) is 0 Å². The minimum absolute atomic E-state index is 0.347. The van der Waals surface area contributed by atoms with Crippen molar-refractivity contribution in [3.05, 3.63) is 30.1 Å². The van der Waals surface area contributed by atoms with E-state index in [9.17, 15) is 28.7 Å². The summed E-state index contributed by atoms with van der Waals surface area (Å²) >= 11 is 0. The van der Waals surface area contributed by atoms with Gasteiger partial charge in [0.2, 0.25) is 0 Å². The third-order valence-corrected chi connectivity index (χ3v) is 4.42. The molecule has 0 spiro atoms. The standard InChI is InChI=1S/C7H11NO7P2/c9-7(17(13,14)15)6(16(10,11)12)5-2-1-3-8-4-5/h1-4,6-7,9H,(H2,10,11,12)(H2,13,14,15)/p-4. The zero-order valence-corrected chi connectivity index (χ0v) is 9.99. The number of nitrogens with zero attached hydrogens (tertiary/aromatic N) is 1. The predicted molar refractivity (Wildman–Crippen MR) is 48.2 cm³/mol. The van der Waals surface area contributed by atoms with Crippen LogP contribution in [-0.4, -0.2) is 15.9 Å². The Kier molecular flexibility index (Phi) is 4.22. The van der Waals surface area contributed by atoms with Crippen molar-refractivity contribution in [2.75, 3.05) is 0 Å². The van der Waals surface area contributed by atoms with E-state index in [-0.39, 0.29) is 5.56 Å². The van der Waals surface area contributed by atoms with Crippen molar-refractivity contribution in [2.45, 2.75) is 11.5 Å². The zero-order chi connectivity index (χ0) is 13.3. The van der Waals surface area contributed by atoms with Crippen LogP contribution in [0.5, 0.6) is 0 Å². The van der Waals surface area contributed by atoms with Gasteiger partial charge in [0.1, 0.15) is 0 Å². The van der Waals surface area contributed by atoms with Crippen molar-refractivity contribution in [1.82, 2.24) is 4.98 Å². The van der Waals surface area contributed by atoms with Crippen LogP contribution in [0.1, 0.15) is 11.2 Å². The lowest BCUT2D eigenvalue weighted by atomic mass is 10.2. The van der Waals surface area contributed by atoms with Gasteiger partial charge in [0.15, 0.2) is 0 Å². The molecule has 96 valence electrons. The summed E-state index contributed by atoms with van der Waals surface area (Å²) < 4.78 is 21.5. The Balaban J connectivity index is 3.25. The van der Waals surface area contributed by atoms with Gasteiger partial charge in [-0.15, -0.1) is 0 Å². The summed E-state index contributed by atoms with van der Waals surface area (Å²) in [4.78, 5) is 46.5. The van der Waals surface area contributed by atoms with Crippen LogP contribution in [0, 0.1) is 0 Å². The van der Waals surface area contributed by atoms with Crippen LogP contribution in [-0.2, 0) is 9.13 Å². The smallest absolute Gasteiger partial charge is 0.0922 e. The van der Waals surface area contributed by atoms with Gasteiger partial charge >= 0.3 is 0 Å². The molecule has 1 aromatic heterocycles. The van der Waals surface area contributed by atoms with Gasteiger partial charge in [0.05, 0.1) is 5.85 Å². The van der Waals surface area contributed by atoms with Crippen molar-refractivity contribution in [2.24, 2.45) is 0 Å². The van der Waals surface area contributed by atoms with Crippen LogP contribution in [0.15, 0.2) is 24.5 Å². The van der Waals surface area contributed by atoms with Gasteiger partial charge in [-0.1, -0.05) is 13.7 Å². The van der Waals surface area contributed by atoms with E-state index in [2.05, 4.69) is 4.98 Å². The molecule has 1 N–H and O–H groups in total. The van der Waals surface area contributed by atoms with Crippen molar-refractivity contribution >= 4 is 15.2 Å². The van der Waals surface area contributed by atoms with Gasteiger partial charge in [-0.2, -0.15) is 0 Å². The lowest BCUT2D eigenvalue weighted by molar-refractivity contribution is -0.331. The number of aromatic nitrogens is 1. The van der Waals surface area contributed by atoms with E-state index in [4.69, 9.17) is 5.11 Å². The SMILES string of the molecule is O=P([O-])([O-])C(O)C(c1cccnc1)P(=O)([O-])[O-]. The molecule has 0 aliphatic rings. The molecule has 10 heteroatoms. The summed E-state index contributed by atoms with van der Waals surface area (Å²) in [6, 6.07) is 2.32. The Morgan fingerprint density at radius 2 is 1.76 bits per heavy atom. The normalized spacial score (nSPS) is 16.5. The molecule has 2 unspecified atom stereocenters.